The molecule has 0 aromatic heterocycles. The minimum absolute atomic E-state index is 0.0650. The highest BCUT2D eigenvalue weighted by Crippen LogP contribution is 2.31. The topological polar surface area (TPSA) is 64.4 Å². The van der Waals surface area contributed by atoms with E-state index in [2.05, 4.69) is 5.32 Å². The van der Waals surface area contributed by atoms with Crippen LogP contribution in [-0.2, 0) is 15.7 Å². The molecule has 0 spiro atoms. The van der Waals surface area contributed by atoms with Gasteiger partial charge in [-0.1, -0.05) is 25.1 Å². The van der Waals surface area contributed by atoms with Crippen molar-refractivity contribution in [3.63, 3.8) is 0 Å². The van der Waals surface area contributed by atoms with E-state index in [0.717, 1.165) is 12.5 Å². The van der Waals surface area contributed by atoms with Gasteiger partial charge in [0, 0.05) is 13.1 Å². The number of nitrogens with one attached hydrogen (secondary N) is 1. The van der Waals surface area contributed by atoms with Crippen LogP contribution in [0.1, 0.15) is 43.2 Å². The van der Waals surface area contributed by atoms with Gasteiger partial charge in [-0.3, -0.25) is 4.79 Å². The lowest BCUT2D eigenvalue weighted by atomic mass is 9.96. The second kappa shape index (κ2) is 7.98. The summed E-state index contributed by atoms with van der Waals surface area (Å²) in [6, 6.07) is 5.31. The Hall–Kier alpha value is -1.60. The standard InChI is InChI=1S/C17H23F3N2O2/c1-11(12-3-2-4-13(9-12)17(18,19)20)7-8-22-16(23)15-6-5-14(10-21)24-15/h2-4,9,11,14-15H,5-8,10,21H2,1H3,(H,22,23)/t11?,14-,15+/m1/s1. The van der Waals surface area contributed by atoms with Crippen molar-refractivity contribution < 1.29 is 22.7 Å². The highest BCUT2D eigenvalue weighted by Gasteiger charge is 2.31. The second-order valence-electron chi connectivity index (χ2n) is 6.16. The van der Waals surface area contributed by atoms with Crippen LogP contribution < -0.4 is 11.1 Å². The maximum atomic E-state index is 12.7. The van der Waals surface area contributed by atoms with Gasteiger partial charge in [0.1, 0.15) is 6.10 Å². The summed E-state index contributed by atoms with van der Waals surface area (Å²) in [4.78, 5) is 12.0. The molecule has 1 aromatic carbocycles. The average Bonchev–Trinajstić information content (AvgIpc) is 3.03. The van der Waals surface area contributed by atoms with Crippen molar-refractivity contribution in [1.82, 2.24) is 5.32 Å². The van der Waals surface area contributed by atoms with Crippen molar-refractivity contribution in [1.29, 1.82) is 0 Å². The predicted molar refractivity (Wildman–Crippen MR) is 84.4 cm³/mol. The molecular weight excluding hydrogens is 321 g/mol. The number of amides is 1. The second-order valence-corrected chi connectivity index (χ2v) is 6.16. The van der Waals surface area contributed by atoms with Gasteiger partial charge >= 0.3 is 6.18 Å². The molecule has 1 heterocycles. The van der Waals surface area contributed by atoms with Crippen LogP contribution in [0.15, 0.2) is 24.3 Å². The molecule has 1 fully saturated rings. The summed E-state index contributed by atoms with van der Waals surface area (Å²) in [5.41, 5.74) is 5.47. The monoisotopic (exact) mass is 344 g/mol. The number of benzene rings is 1. The van der Waals surface area contributed by atoms with Crippen molar-refractivity contribution in [2.45, 2.75) is 50.5 Å². The zero-order valence-corrected chi connectivity index (χ0v) is 13.6. The van der Waals surface area contributed by atoms with Gasteiger partial charge in [0.15, 0.2) is 0 Å². The summed E-state index contributed by atoms with van der Waals surface area (Å²) in [7, 11) is 0. The zero-order valence-electron chi connectivity index (χ0n) is 13.6. The Balaban J connectivity index is 1.81. The molecule has 1 aromatic rings. The third-order valence-electron chi connectivity index (χ3n) is 4.32. The number of nitrogens with two attached hydrogens (primary N) is 1. The molecule has 0 bridgehead atoms. The molecule has 134 valence electrons. The lowest BCUT2D eigenvalue weighted by Crippen LogP contribution is -2.36. The molecule has 2 rings (SSSR count). The van der Waals surface area contributed by atoms with E-state index < -0.39 is 17.8 Å². The molecule has 24 heavy (non-hydrogen) atoms. The Morgan fingerprint density at radius 2 is 2.17 bits per heavy atom. The van der Waals surface area contributed by atoms with Crippen molar-refractivity contribution in [3.8, 4) is 0 Å². The van der Waals surface area contributed by atoms with E-state index in [0.29, 0.717) is 31.5 Å². The smallest absolute Gasteiger partial charge is 0.364 e. The van der Waals surface area contributed by atoms with E-state index in [9.17, 15) is 18.0 Å². The summed E-state index contributed by atoms with van der Waals surface area (Å²) >= 11 is 0. The van der Waals surface area contributed by atoms with Crippen LogP contribution in [0.5, 0.6) is 0 Å². The lowest BCUT2D eigenvalue weighted by molar-refractivity contribution is -0.137. The van der Waals surface area contributed by atoms with E-state index in [1.807, 2.05) is 6.92 Å². The summed E-state index contributed by atoms with van der Waals surface area (Å²) in [5, 5.41) is 2.79. The molecule has 7 heteroatoms. The van der Waals surface area contributed by atoms with Gasteiger partial charge in [0.05, 0.1) is 11.7 Å². The summed E-state index contributed by atoms with van der Waals surface area (Å²) in [6.45, 7) is 2.64. The van der Waals surface area contributed by atoms with Crippen LogP contribution in [0.3, 0.4) is 0 Å². The molecule has 3 N–H and O–H groups in total. The zero-order chi connectivity index (χ0) is 17.7. The van der Waals surface area contributed by atoms with Gasteiger partial charge in [0.2, 0.25) is 5.91 Å². The molecular formula is C17H23F3N2O2. The largest absolute Gasteiger partial charge is 0.416 e. The van der Waals surface area contributed by atoms with Gasteiger partial charge in [-0.25, -0.2) is 0 Å². The number of halogens is 3. The van der Waals surface area contributed by atoms with E-state index in [-0.39, 0.29) is 17.9 Å². The predicted octanol–water partition coefficient (Wildman–Crippen LogP) is 2.82. The summed E-state index contributed by atoms with van der Waals surface area (Å²) in [6.07, 6.45) is -2.90. The minimum atomic E-state index is -4.34. The molecule has 3 atom stereocenters. The van der Waals surface area contributed by atoms with E-state index in [1.54, 1.807) is 6.07 Å². The highest BCUT2D eigenvalue weighted by atomic mass is 19.4. The number of hydrogen-bond acceptors (Lipinski definition) is 3. The van der Waals surface area contributed by atoms with Crippen molar-refractivity contribution in [2.24, 2.45) is 5.73 Å². The number of hydrogen-bond donors (Lipinski definition) is 2. The van der Waals surface area contributed by atoms with Crippen molar-refractivity contribution in [2.75, 3.05) is 13.1 Å². The number of alkyl halides is 3. The molecule has 0 aliphatic carbocycles. The number of carbonyl (C=O) groups excluding carboxylic acids is 1. The number of rotatable bonds is 6. The third kappa shape index (κ3) is 4.95. The highest BCUT2D eigenvalue weighted by molar-refractivity contribution is 5.81. The van der Waals surface area contributed by atoms with Gasteiger partial charge < -0.3 is 15.8 Å². The molecule has 1 aliphatic heterocycles. The molecule has 4 nitrogen and oxygen atoms in total. The fourth-order valence-corrected chi connectivity index (χ4v) is 2.79. The summed E-state index contributed by atoms with van der Waals surface area (Å²) < 4.78 is 43.7. The summed E-state index contributed by atoms with van der Waals surface area (Å²) in [5.74, 6) is -0.268. The van der Waals surface area contributed by atoms with Crippen molar-refractivity contribution in [3.05, 3.63) is 35.4 Å². The molecule has 1 unspecified atom stereocenters. The maximum absolute atomic E-state index is 12.7. The Morgan fingerprint density at radius 1 is 1.42 bits per heavy atom. The van der Waals surface area contributed by atoms with Gasteiger partial charge in [-0.2, -0.15) is 13.2 Å². The Morgan fingerprint density at radius 3 is 2.79 bits per heavy atom. The fraction of sp³-hybridized carbons (Fsp3) is 0.588. The fourth-order valence-electron chi connectivity index (χ4n) is 2.79. The van der Waals surface area contributed by atoms with Crippen LogP contribution in [0.2, 0.25) is 0 Å². The van der Waals surface area contributed by atoms with Gasteiger partial charge in [0.25, 0.3) is 0 Å². The van der Waals surface area contributed by atoms with Crippen LogP contribution in [0.25, 0.3) is 0 Å². The van der Waals surface area contributed by atoms with E-state index in [1.165, 1.54) is 12.1 Å². The molecule has 0 radical (unpaired) electrons. The van der Waals surface area contributed by atoms with E-state index in [4.69, 9.17) is 10.5 Å². The molecule has 1 saturated heterocycles. The van der Waals surface area contributed by atoms with Crippen molar-refractivity contribution >= 4 is 5.91 Å². The average molecular weight is 344 g/mol. The third-order valence-corrected chi connectivity index (χ3v) is 4.32. The first-order valence-corrected chi connectivity index (χ1v) is 8.11. The number of ether oxygens (including phenoxy) is 1. The van der Waals surface area contributed by atoms with Crippen LogP contribution in [-0.4, -0.2) is 31.2 Å². The normalized spacial score (nSPS) is 22.4. The first-order chi connectivity index (χ1) is 11.3. The first kappa shape index (κ1) is 18.7. The van der Waals surface area contributed by atoms with Gasteiger partial charge in [-0.15, -0.1) is 0 Å². The number of carbonyl (C=O) groups is 1. The SMILES string of the molecule is CC(CCNC(=O)[C@@H]1CC[C@H](CN)O1)c1cccc(C(F)(F)F)c1. The Kier molecular flexibility index (Phi) is 6.23. The van der Waals surface area contributed by atoms with Crippen LogP contribution >= 0.6 is 0 Å². The first-order valence-electron chi connectivity index (χ1n) is 8.11. The Labute approximate surface area is 139 Å². The molecule has 1 aliphatic rings. The van der Waals surface area contributed by atoms with Crippen LogP contribution in [0.4, 0.5) is 13.2 Å². The van der Waals surface area contributed by atoms with Crippen LogP contribution in [0, 0.1) is 0 Å². The van der Waals surface area contributed by atoms with E-state index >= 15 is 0 Å². The maximum Gasteiger partial charge on any atom is 0.416 e. The molecule has 1 amide bonds. The Bertz CT molecular complexity index is 563. The quantitative estimate of drug-likeness (QED) is 0.834. The van der Waals surface area contributed by atoms with Gasteiger partial charge in [-0.05, 0) is 36.8 Å². The lowest BCUT2D eigenvalue weighted by Gasteiger charge is -2.16. The molecule has 0 saturated carbocycles. The minimum Gasteiger partial charge on any atom is -0.364 e.